The molecule has 0 fully saturated rings. The molecule has 0 aliphatic heterocycles. The van der Waals surface area contributed by atoms with E-state index in [1.54, 1.807) is 13.4 Å². The van der Waals surface area contributed by atoms with E-state index in [-0.39, 0.29) is 0 Å². The Balaban J connectivity index is 1.83. The Bertz CT molecular complexity index is 735. The molecule has 21 heavy (non-hydrogen) atoms. The van der Waals surface area contributed by atoms with E-state index in [9.17, 15) is 0 Å². The molecular weight excluding hydrogens is 266 g/mol. The smallest absolute Gasteiger partial charge is 0.299 e. The molecule has 3 rings (SSSR count). The number of oxazole rings is 1. The van der Waals surface area contributed by atoms with Crippen LogP contribution < -0.4 is 15.8 Å². The van der Waals surface area contributed by atoms with Crippen molar-refractivity contribution in [3.63, 3.8) is 0 Å². The van der Waals surface area contributed by atoms with E-state index in [0.717, 1.165) is 28.4 Å². The molecule has 0 unspecified atom stereocenters. The number of methoxy groups -OCH3 is 1. The van der Waals surface area contributed by atoms with Crippen molar-refractivity contribution >= 4 is 17.4 Å². The molecule has 0 amide bonds. The lowest BCUT2D eigenvalue weighted by Gasteiger charge is -2.07. The van der Waals surface area contributed by atoms with Crippen LogP contribution in [-0.2, 0) is 0 Å². The second-order valence-electron chi connectivity index (χ2n) is 4.49. The van der Waals surface area contributed by atoms with Gasteiger partial charge in [0.15, 0.2) is 0 Å². The molecule has 106 valence electrons. The summed E-state index contributed by atoms with van der Waals surface area (Å²) in [6.45, 7) is 0. The van der Waals surface area contributed by atoms with Crippen molar-refractivity contribution in [1.29, 1.82) is 0 Å². The SMILES string of the molecule is COc1ccccc1Nc1nc(-c2ccc(N)cc2)co1. The van der Waals surface area contributed by atoms with Gasteiger partial charge in [-0.1, -0.05) is 24.3 Å². The molecule has 2 aromatic carbocycles. The monoisotopic (exact) mass is 281 g/mol. The van der Waals surface area contributed by atoms with Crippen molar-refractivity contribution in [3.05, 3.63) is 54.8 Å². The highest BCUT2D eigenvalue weighted by atomic mass is 16.5. The quantitative estimate of drug-likeness (QED) is 0.714. The van der Waals surface area contributed by atoms with E-state index < -0.39 is 0 Å². The zero-order valence-corrected chi connectivity index (χ0v) is 11.5. The highest BCUT2D eigenvalue weighted by Gasteiger charge is 2.08. The molecule has 1 aromatic heterocycles. The van der Waals surface area contributed by atoms with Crippen molar-refractivity contribution in [3.8, 4) is 17.0 Å². The Labute approximate surface area is 122 Å². The number of benzene rings is 2. The van der Waals surface area contributed by atoms with E-state index in [0.29, 0.717) is 6.01 Å². The van der Waals surface area contributed by atoms with E-state index in [4.69, 9.17) is 14.9 Å². The number of nitrogens with zero attached hydrogens (tertiary/aromatic N) is 1. The number of hydrogen-bond acceptors (Lipinski definition) is 5. The van der Waals surface area contributed by atoms with Crippen molar-refractivity contribution in [2.75, 3.05) is 18.2 Å². The van der Waals surface area contributed by atoms with Crippen LogP contribution in [0.1, 0.15) is 0 Å². The molecule has 3 N–H and O–H groups in total. The Morgan fingerprint density at radius 2 is 1.86 bits per heavy atom. The number of hydrogen-bond donors (Lipinski definition) is 2. The molecule has 1 heterocycles. The van der Waals surface area contributed by atoms with Gasteiger partial charge in [-0.25, -0.2) is 0 Å². The molecule has 3 aromatic rings. The Kier molecular flexibility index (Phi) is 3.47. The summed E-state index contributed by atoms with van der Waals surface area (Å²) in [5.74, 6) is 0.727. The maximum absolute atomic E-state index is 5.67. The average molecular weight is 281 g/mol. The van der Waals surface area contributed by atoms with Crippen LogP contribution in [0.15, 0.2) is 59.2 Å². The second kappa shape index (κ2) is 5.58. The first-order valence-electron chi connectivity index (χ1n) is 6.48. The predicted octanol–water partition coefficient (Wildman–Crippen LogP) is 3.68. The standard InChI is InChI=1S/C16H15N3O2/c1-20-15-5-3-2-4-13(15)18-16-19-14(10-21-16)11-6-8-12(17)9-7-11/h2-10H,17H2,1H3,(H,18,19). The topological polar surface area (TPSA) is 73.3 Å². The molecule has 0 bridgehead atoms. The summed E-state index contributed by atoms with van der Waals surface area (Å²) in [5, 5.41) is 3.10. The van der Waals surface area contributed by atoms with E-state index in [1.807, 2.05) is 48.5 Å². The minimum Gasteiger partial charge on any atom is -0.495 e. The molecule has 0 aliphatic rings. The Hall–Kier alpha value is -2.95. The van der Waals surface area contributed by atoms with E-state index >= 15 is 0 Å². The van der Waals surface area contributed by atoms with Crippen molar-refractivity contribution in [2.45, 2.75) is 0 Å². The van der Waals surface area contributed by atoms with Crippen molar-refractivity contribution in [1.82, 2.24) is 4.98 Å². The van der Waals surface area contributed by atoms with Gasteiger partial charge in [0.25, 0.3) is 6.01 Å². The lowest BCUT2D eigenvalue weighted by molar-refractivity contribution is 0.416. The van der Waals surface area contributed by atoms with Gasteiger partial charge in [-0.05, 0) is 24.3 Å². The lowest BCUT2D eigenvalue weighted by Crippen LogP contribution is -1.94. The summed E-state index contributed by atoms with van der Waals surface area (Å²) in [4.78, 5) is 4.41. The number of aromatic nitrogens is 1. The van der Waals surface area contributed by atoms with Gasteiger partial charge in [0.2, 0.25) is 0 Å². The van der Waals surface area contributed by atoms with Crippen LogP contribution in [0.3, 0.4) is 0 Å². The van der Waals surface area contributed by atoms with Crippen molar-refractivity contribution < 1.29 is 9.15 Å². The highest BCUT2D eigenvalue weighted by Crippen LogP contribution is 2.28. The zero-order valence-electron chi connectivity index (χ0n) is 11.5. The third kappa shape index (κ3) is 2.81. The van der Waals surface area contributed by atoms with Crippen LogP contribution in [0.2, 0.25) is 0 Å². The van der Waals surface area contributed by atoms with Crippen LogP contribution in [0.5, 0.6) is 5.75 Å². The minimum atomic E-state index is 0.409. The summed E-state index contributed by atoms with van der Waals surface area (Å²) in [6, 6.07) is 15.5. The third-order valence-electron chi connectivity index (χ3n) is 3.06. The van der Waals surface area contributed by atoms with Crippen LogP contribution in [0.4, 0.5) is 17.4 Å². The number of rotatable bonds is 4. The fraction of sp³-hybridized carbons (Fsp3) is 0.0625. The maximum Gasteiger partial charge on any atom is 0.299 e. The molecule has 5 heteroatoms. The number of nitrogens with one attached hydrogen (secondary N) is 1. The van der Waals surface area contributed by atoms with Crippen LogP contribution in [0.25, 0.3) is 11.3 Å². The van der Waals surface area contributed by atoms with Gasteiger partial charge in [-0.15, -0.1) is 0 Å². The molecule has 0 aliphatic carbocycles. The number of nitrogens with two attached hydrogens (primary N) is 1. The summed E-state index contributed by atoms with van der Waals surface area (Å²) < 4.78 is 10.7. The van der Waals surface area contributed by atoms with Gasteiger partial charge in [0, 0.05) is 11.3 Å². The van der Waals surface area contributed by atoms with Gasteiger partial charge in [0.1, 0.15) is 17.7 Å². The van der Waals surface area contributed by atoms with Crippen molar-refractivity contribution in [2.24, 2.45) is 0 Å². The number of para-hydroxylation sites is 2. The number of anilines is 3. The third-order valence-corrected chi connectivity index (χ3v) is 3.06. The molecule has 0 radical (unpaired) electrons. The van der Waals surface area contributed by atoms with Crippen LogP contribution in [-0.4, -0.2) is 12.1 Å². The summed E-state index contributed by atoms with van der Waals surface area (Å²) in [7, 11) is 1.62. The van der Waals surface area contributed by atoms with Gasteiger partial charge >= 0.3 is 0 Å². The van der Waals surface area contributed by atoms with Crippen LogP contribution in [0, 0.1) is 0 Å². The Morgan fingerprint density at radius 1 is 1.10 bits per heavy atom. The van der Waals surface area contributed by atoms with Crippen LogP contribution >= 0.6 is 0 Å². The molecule has 0 saturated carbocycles. The first-order chi connectivity index (χ1) is 10.3. The molecule has 0 saturated heterocycles. The Morgan fingerprint density at radius 3 is 2.62 bits per heavy atom. The molecular formula is C16H15N3O2. The first kappa shape index (κ1) is 13.1. The molecule has 0 spiro atoms. The first-order valence-corrected chi connectivity index (χ1v) is 6.48. The molecule has 0 atom stereocenters. The predicted molar refractivity (Wildman–Crippen MR) is 82.6 cm³/mol. The zero-order chi connectivity index (χ0) is 14.7. The minimum absolute atomic E-state index is 0.409. The number of nitrogen functional groups attached to an aromatic ring is 1. The van der Waals surface area contributed by atoms with E-state index in [1.165, 1.54) is 0 Å². The van der Waals surface area contributed by atoms with Gasteiger partial charge in [-0.2, -0.15) is 4.98 Å². The summed E-state index contributed by atoms with van der Waals surface area (Å²) >= 11 is 0. The second-order valence-corrected chi connectivity index (χ2v) is 4.49. The summed E-state index contributed by atoms with van der Waals surface area (Å²) in [6.07, 6.45) is 1.60. The molecule has 5 nitrogen and oxygen atoms in total. The van der Waals surface area contributed by atoms with E-state index in [2.05, 4.69) is 10.3 Å². The van der Waals surface area contributed by atoms with Gasteiger partial charge < -0.3 is 20.2 Å². The summed E-state index contributed by atoms with van der Waals surface area (Å²) in [5.41, 5.74) is 8.88. The largest absolute Gasteiger partial charge is 0.495 e. The average Bonchev–Trinajstić information content (AvgIpc) is 2.97. The lowest BCUT2D eigenvalue weighted by atomic mass is 10.1. The maximum atomic E-state index is 5.67. The fourth-order valence-electron chi connectivity index (χ4n) is 1.98. The normalized spacial score (nSPS) is 10.3. The number of ether oxygens (including phenoxy) is 1. The fourth-order valence-corrected chi connectivity index (χ4v) is 1.98. The van der Waals surface area contributed by atoms with Gasteiger partial charge in [0.05, 0.1) is 12.8 Å². The van der Waals surface area contributed by atoms with Gasteiger partial charge in [-0.3, -0.25) is 0 Å². The highest BCUT2D eigenvalue weighted by molar-refractivity contribution is 5.65.